The first-order valence-electron chi connectivity index (χ1n) is 7.41. The van der Waals surface area contributed by atoms with Gasteiger partial charge in [0.2, 0.25) is 5.91 Å². The number of hydrogen-bond acceptors (Lipinski definition) is 4. The molecule has 2 rings (SSSR count). The molecule has 1 aromatic rings. The number of amides is 1. The van der Waals surface area contributed by atoms with Crippen LogP contribution in [0.15, 0.2) is 18.2 Å². The van der Waals surface area contributed by atoms with E-state index in [-0.39, 0.29) is 30.3 Å². The third kappa shape index (κ3) is 5.83. The maximum Gasteiger partial charge on any atom is 0.223 e. The third-order valence-electron chi connectivity index (χ3n) is 3.66. The van der Waals surface area contributed by atoms with Crippen molar-refractivity contribution in [3.63, 3.8) is 0 Å². The zero-order chi connectivity index (χ0) is 15.2. The Labute approximate surface area is 137 Å². The highest BCUT2D eigenvalue weighted by atomic mass is 35.5. The lowest BCUT2D eigenvalue weighted by molar-refractivity contribution is -0.121. The minimum Gasteiger partial charge on any atom is -0.493 e. The number of hydrogen-bond donors (Lipinski definition) is 3. The molecule has 0 radical (unpaired) electrons. The molecule has 2 atom stereocenters. The van der Waals surface area contributed by atoms with Crippen molar-refractivity contribution in [2.24, 2.45) is 5.92 Å². The van der Waals surface area contributed by atoms with Crippen LogP contribution in [0.3, 0.4) is 0 Å². The van der Waals surface area contributed by atoms with Gasteiger partial charge in [-0.3, -0.25) is 4.79 Å². The van der Waals surface area contributed by atoms with Crippen molar-refractivity contribution in [2.75, 3.05) is 26.2 Å². The van der Waals surface area contributed by atoms with Gasteiger partial charge in [0.05, 0.1) is 19.1 Å². The van der Waals surface area contributed by atoms with Crippen LogP contribution < -0.4 is 15.4 Å². The van der Waals surface area contributed by atoms with Gasteiger partial charge in [0, 0.05) is 25.6 Å². The number of rotatable bonds is 6. The Balaban J connectivity index is 0.00000242. The van der Waals surface area contributed by atoms with Gasteiger partial charge in [-0.1, -0.05) is 6.07 Å². The lowest BCUT2D eigenvalue weighted by Gasteiger charge is -2.14. The minimum absolute atomic E-state index is 0. The van der Waals surface area contributed by atoms with Crippen LogP contribution in [0.5, 0.6) is 5.75 Å². The summed E-state index contributed by atoms with van der Waals surface area (Å²) in [6.07, 6.45) is -0.0414. The highest BCUT2D eigenvalue weighted by molar-refractivity contribution is 5.85. The van der Waals surface area contributed by atoms with Crippen LogP contribution in [0, 0.1) is 19.8 Å². The summed E-state index contributed by atoms with van der Waals surface area (Å²) in [7, 11) is 0. The van der Waals surface area contributed by atoms with Gasteiger partial charge in [-0.15, -0.1) is 12.4 Å². The lowest BCUT2D eigenvalue weighted by Crippen LogP contribution is -2.34. The number of β-amino-alcohol motifs (C(OH)–C–C–N with tert-alkyl or cyclic N) is 1. The molecule has 0 spiro atoms. The quantitative estimate of drug-likeness (QED) is 0.733. The number of aliphatic hydroxyl groups excluding tert-OH is 1. The second-order valence-corrected chi connectivity index (χ2v) is 5.71. The zero-order valence-electron chi connectivity index (χ0n) is 13.1. The predicted molar refractivity (Wildman–Crippen MR) is 88.7 cm³/mol. The van der Waals surface area contributed by atoms with Crippen molar-refractivity contribution in [2.45, 2.75) is 26.4 Å². The largest absolute Gasteiger partial charge is 0.493 e. The summed E-state index contributed by atoms with van der Waals surface area (Å²) < 4.78 is 5.61. The summed E-state index contributed by atoms with van der Waals surface area (Å²) in [5.41, 5.74) is 2.30. The van der Waals surface area contributed by atoms with E-state index in [1.165, 1.54) is 0 Å². The van der Waals surface area contributed by atoms with Gasteiger partial charge in [0.25, 0.3) is 0 Å². The van der Waals surface area contributed by atoms with Crippen LogP contribution >= 0.6 is 12.4 Å². The van der Waals surface area contributed by atoms with Crippen molar-refractivity contribution in [1.29, 1.82) is 0 Å². The number of aliphatic hydroxyl groups is 1. The molecule has 1 aliphatic heterocycles. The molecule has 1 aliphatic rings. The first-order chi connectivity index (χ1) is 10.0. The van der Waals surface area contributed by atoms with Crippen LogP contribution in [0.4, 0.5) is 0 Å². The van der Waals surface area contributed by atoms with Gasteiger partial charge in [0.15, 0.2) is 0 Å². The number of halogens is 1. The van der Waals surface area contributed by atoms with Crippen molar-refractivity contribution < 1.29 is 14.6 Å². The molecule has 0 saturated carbocycles. The number of ether oxygens (including phenoxy) is 1. The normalized spacial score (nSPS) is 20.3. The summed E-state index contributed by atoms with van der Waals surface area (Å²) in [6, 6.07) is 6.01. The number of carbonyl (C=O) groups excluding carboxylic acids is 1. The third-order valence-corrected chi connectivity index (χ3v) is 3.66. The summed E-state index contributed by atoms with van der Waals surface area (Å²) in [5, 5.41) is 15.6. The second-order valence-electron chi connectivity index (χ2n) is 5.71. The highest BCUT2D eigenvalue weighted by Crippen LogP contribution is 2.16. The Morgan fingerprint density at radius 2 is 2.00 bits per heavy atom. The number of aryl methyl sites for hydroxylation is 2. The van der Waals surface area contributed by atoms with Crippen molar-refractivity contribution in [3.8, 4) is 5.75 Å². The van der Waals surface area contributed by atoms with Crippen LogP contribution in [0.2, 0.25) is 0 Å². The van der Waals surface area contributed by atoms with Crippen LogP contribution in [-0.2, 0) is 4.79 Å². The number of nitrogens with one attached hydrogen (secondary N) is 2. The average molecular weight is 329 g/mol. The van der Waals surface area contributed by atoms with E-state index in [9.17, 15) is 9.90 Å². The first kappa shape index (κ1) is 18.7. The average Bonchev–Trinajstić information content (AvgIpc) is 2.81. The second kappa shape index (κ2) is 8.98. The molecule has 3 N–H and O–H groups in total. The monoisotopic (exact) mass is 328 g/mol. The Morgan fingerprint density at radius 3 is 2.59 bits per heavy atom. The van der Waals surface area contributed by atoms with E-state index in [0.717, 1.165) is 23.4 Å². The Kier molecular flexibility index (Phi) is 7.65. The number of benzene rings is 1. The maximum absolute atomic E-state index is 11.7. The van der Waals surface area contributed by atoms with Crippen molar-refractivity contribution in [3.05, 3.63) is 29.3 Å². The van der Waals surface area contributed by atoms with Crippen LogP contribution in [0.25, 0.3) is 0 Å². The first-order valence-corrected chi connectivity index (χ1v) is 7.41. The topological polar surface area (TPSA) is 70.6 Å². The molecule has 1 saturated heterocycles. The molecule has 1 fully saturated rings. The predicted octanol–water partition coefficient (Wildman–Crippen LogP) is 1.19. The molecule has 22 heavy (non-hydrogen) atoms. The van der Waals surface area contributed by atoms with E-state index in [1.54, 1.807) is 0 Å². The zero-order valence-corrected chi connectivity index (χ0v) is 13.9. The summed E-state index contributed by atoms with van der Waals surface area (Å²) >= 11 is 0. The molecule has 124 valence electrons. The van der Waals surface area contributed by atoms with Gasteiger partial charge in [0.1, 0.15) is 5.75 Å². The van der Waals surface area contributed by atoms with Crippen molar-refractivity contribution in [1.82, 2.24) is 10.6 Å². The Morgan fingerprint density at radius 1 is 1.32 bits per heavy atom. The molecule has 0 bridgehead atoms. The van der Waals surface area contributed by atoms with Crippen LogP contribution in [-0.4, -0.2) is 43.4 Å². The molecule has 6 heteroatoms. The molecule has 0 aliphatic carbocycles. The summed E-state index contributed by atoms with van der Waals surface area (Å²) in [6.45, 7) is 6.27. The molecule has 2 unspecified atom stereocenters. The summed E-state index contributed by atoms with van der Waals surface area (Å²) in [4.78, 5) is 11.7. The van der Waals surface area contributed by atoms with E-state index in [4.69, 9.17) is 4.74 Å². The Hall–Kier alpha value is -1.30. The van der Waals surface area contributed by atoms with Gasteiger partial charge in [-0.25, -0.2) is 0 Å². The molecule has 1 amide bonds. The fourth-order valence-electron chi connectivity index (χ4n) is 2.54. The van der Waals surface area contributed by atoms with E-state index in [1.807, 2.05) is 26.0 Å². The molecule has 5 nitrogen and oxygen atoms in total. The molecular formula is C16H25ClN2O3. The molecule has 0 aromatic heterocycles. The van der Waals surface area contributed by atoms with Gasteiger partial charge in [-0.05, 0) is 37.1 Å². The van der Waals surface area contributed by atoms with E-state index in [2.05, 4.69) is 16.7 Å². The van der Waals surface area contributed by atoms with E-state index >= 15 is 0 Å². The highest BCUT2D eigenvalue weighted by Gasteiger charge is 2.24. The smallest absolute Gasteiger partial charge is 0.223 e. The standard InChI is InChI=1S/C16H24N2O3.ClH/c1-11-5-12(2)7-14(6-11)21-4-3-16(20)18-9-13-8-17-10-15(13)19;/h5-7,13,15,17,19H,3-4,8-10H2,1-2H3,(H,18,20);1H. The van der Waals surface area contributed by atoms with Gasteiger partial charge in [-0.2, -0.15) is 0 Å². The fraction of sp³-hybridized carbons (Fsp3) is 0.562. The minimum atomic E-state index is -0.364. The molecule has 1 aromatic carbocycles. The summed E-state index contributed by atoms with van der Waals surface area (Å²) in [5.74, 6) is 0.864. The molecular weight excluding hydrogens is 304 g/mol. The van der Waals surface area contributed by atoms with Crippen molar-refractivity contribution >= 4 is 18.3 Å². The van der Waals surface area contributed by atoms with Gasteiger partial charge < -0.3 is 20.5 Å². The van der Waals surface area contributed by atoms with Crippen LogP contribution in [0.1, 0.15) is 17.5 Å². The fourth-order valence-corrected chi connectivity index (χ4v) is 2.54. The van der Waals surface area contributed by atoms with E-state index < -0.39 is 0 Å². The van der Waals surface area contributed by atoms with E-state index in [0.29, 0.717) is 26.1 Å². The Bertz CT molecular complexity index is 476. The number of carbonyl (C=O) groups is 1. The lowest BCUT2D eigenvalue weighted by atomic mass is 10.1. The maximum atomic E-state index is 11.7. The molecule has 1 heterocycles. The van der Waals surface area contributed by atoms with Gasteiger partial charge >= 0.3 is 0 Å². The SMILES string of the molecule is Cc1cc(C)cc(OCCC(=O)NCC2CNCC2O)c1.Cl.